The Morgan fingerprint density at radius 3 is 2.78 bits per heavy atom. The van der Waals surface area contributed by atoms with Gasteiger partial charge in [-0.1, -0.05) is 47.1 Å². The van der Waals surface area contributed by atoms with Crippen molar-refractivity contribution >= 4 is 27.3 Å². The summed E-state index contributed by atoms with van der Waals surface area (Å²) in [6.45, 7) is 5.28. The zero-order valence-electron chi connectivity index (χ0n) is 10.7. The fourth-order valence-corrected chi connectivity index (χ4v) is 3.40. The molecule has 1 N–H and O–H groups in total. The van der Waals surface area contributed by atoms with Crippen molar-refractivity contribution in [2.45, 2.75) is 26.3 Å². The van der Waals surface area contributed by atoms with E-state index in [-0.39, 0.29) is 0 Å². The molecule has 0 aliphatic rings. The summed E-state index contributed by atoms with van der Waals surface area (Å²) in [6.07, 6.45) is 1.05. The maximum atomic E-state index is 3.72. The van der Waals surface area contributed by atoms with Crippen LogP contribution in [0.5, 0.6) is 0 Å². The second kappa shape index (κ2) is 6.50. The van der Waals surface area contributed by atoms with E-state index in [9.17, 15) is 0 Å². The minimum Gasteiger partial charge on any atom is -0.310 e. The second-order valence-electron chi connectivity index (χ2n) is 4.37. The molecule has 18 heavy (non-hydrogen) atoms. The topological polar surface area (TPSA) is 12.0 Å². The van der Waals surface area contributed by atoms with Crippen molar-refractivity contribution in [3.05, 3.63) is 56.2 Å². The Morgan fingerprint density at radius 1 is 1.28 bits per heavy atom. The fraction of sp³-hybridized carbons (Fsp3) is 0.333. The molecule has 0 amide bonds. The summed E-state index contributed by atoms with van der Waals surface area (Å²) in [6, 6.07) is 11.2. The molecule has 0 bridgehead atoms. The number of hydrogen-bond donors (Lipinski definition) is 1. The van der Waals surface area contributed by atoms with Gasteiger partial charge < -0.3 is 5.32 Å². The van der Waals surface area contributed by atoms with Gasteiger partial charge in [-0.25, -0.2) is 0 Å². The molecular formula is C15H18BrNS. The minimum absolute atomic E-state index is 0.378. The van der Waals surface area contributed by atoms with Gasteiger partial charge in [0.1, 0.15) is 0 Å². The molecule has 0 aliphatic carbocycles. The normalized spacial score (nSPS) is 12.6. The van der Waals surface area contributed by atoms with Gasteiger partial charge in [0.15, 0.2) is 0 Å². The molecule has 2 rings (SSSR count). The first-order chi connectivity index (χ1) is 8.72. The smallest absolute Gasteiger partial charge is 0.0380 e. The highest BCUT2D eigenvalue weighted by atomic mass is 79.9. The van der Waals surface area contributed by atoms with Crippen LogP contribution in [0.2, 0.25) is 0 Å². The number of benzene rings is 1. The predicted octanol–water partition coefficient (Wildman–Crippen LogP) is 4.71. The van der Waals surface area contributed by atoms with Crippen LogP contribution in [0, 0.1) is 6.92 Å². The number of rotatable bonds is 5. The third-order valence-corrected chi connectivity index (χ3v) is 5.01. The van der Waals surface area contributed by atoms with Crippen molar-refractivity contribution in [1.29, 1.82) is 0 Å². The van der Waals surface area contributed by atoms with Crippen LogP contribution in [-0.4, -0.2) is 6.54 Å². The largest absolute Gasteiger partial charge is 0.310 e. The molecule has 0 radical (unpaired) electrons. The summed E-state index contributed by atoms with van der Waals surface area (Å²) in [5.41, 5.74) is 2.65. The summed E-state index contributed by atoms with van der Waals surface area (Å²) < 4.78 is 1.23. The van der Waals surface area contributed by atoms with Crippen molar-refractivity contribution in [1.82, 2.24) is 5.32 Å². The van der Waals surface area contributed by atoms with Gasteiger partial charge in [0.05, 0.1) is 0 Å². The van der Waals surface area contributed by atoms with Gasteiger partial charge in [-0.2, -0.15) is 0 Å². The van der Waals surface area contributed by atoms with E-state index in [4.69, 9.17) is 0 Å². The Labute approximate surface area is 121 Å². The summed E-state index contributed by atoms with van der Waals surface area (Å²) >= 11 is 5.54. The standard InChI is InChI=1S/C15H18BrNS/c1-3-17-14(10-12-7-5-9-18-12)13-8-4-6-11(2)15(13)16/h4-9,14,17H,3,10H2,1-2H3. The summed E-state index contributed by atoms with van der Waals surface area (Å²) in [5, 5.41) is 5.72. The lowest BCUT2D eigenvalue weighted by Crippen LogP contribution is -2.23. The van der Waals surface area contributed by atoms with Crippen molar-refractivity contribution in [2.75, 3.05) is 6.54 Å². The number of halogens is 1. The van der Waals surface area contributed by atoms with Gasteiger partial charge in [-0.15, -0.1) is 11.3 Å². The second-order valence-corrected chi connectivity index (χ2v) is 6.20. The summed E-state index contributed by atoms with van der Waals surface area (Å²) in [5.74, 6) is 0. The molecule has 0 fully saturated rings. The van der Waals surface area contributed by atoms with E-state index in [0.717, 1.165) is 13.0 Å². The highest BCUT2D eigenvalue weighted by molar-refractivity contribution is 9.10. The number of aryl methyl sites for hydroxylation is 1. The monoisotopic (exact) mass is 323 g/mol. The van der Waals surface area contributed by atoms with Crippen LogP contribution >= 0.6 is 27.3 Å². The Kier molecular flexibility index (Phi) is 4.98. The SMILES string of the molecule is CCNC(Cc1cccs1)c1cccc(C)c1Br. The number of thiophene rings is 1. The molecule has 1 heterocycles. The molecule has 0 saturated heterocycles. The van der Waals surface area contributed by atoms with Gasteiger partial charge in [0.2, 0.25) is 0 Å². The maximum Gasteiger partial charge on any atom is 0.0380 e. The molecule has 1 atom stereocenters. The average molecular weight is 324 g/mol. The molecule has 0 spiro atoms. The number of nitrogens with one attached hydrogen (secondary N) is 1. The molecule has 3 heteroatoms. The first-order valence-electron chi connectivity index (χ1n) is 6.23. The summed E-state index contributed by atoms with van der Waals surface area (Å²) in [7, 11) is 0. The highest BCUT2D eigenvalue weighted by Gasteiger charge is 2.15. The van der Waals surface area contributed by atoms with Gasteiger partial charge in [-0.3, -0.25) is 0 Å². The lowest BCUT2D eigenvalue weighted by molar-refractivity contribution is 0.551. The van der Waals surface area contributed by atoms with Gasteiger partial charge >= 0.3 is 0 Å². The van der Waals surface area contributed by atoms with Gasteiger partial charge in [0.25, 0.3) is 0 Å². The Bertz CT molecular complexity index is 493. The summed E-state index contributed by atoms with van der Waals surface area (Å²) in [4.78, 5) is 1.43. The molecule has 0 saturated carbocycles. The first-order valence-corrected chi connectivity index (χ1v) is 7.90. The molecular weight excluding hydrogens is 306 g/mol. The van der Waals surface area contributed by atoms with Crippen molar-refractivity contribution < 1.29 is 0 Å². The molecule has 1 aromatic carbocycles. The highest BCUT2D eigenvalue weighted by Crippen LogP contribution is 2.29. The zero-order chi connectivity index (χ0) is 13.0. The lowest BCUT2D eigenvalue weighted by atomic mass is 10.0. The van der Waals surface area contributed by atoms with Crippen LogP contribution in [0.15, 0.2) is 40.2 Å². The van der Waals surface area contributed by atoms with E-state index in [1.165, 1.54) is 20.5 Å². The van der Waals surface area contributed by atoms with E-state index < -0.39 is 0 Å². The maximum absolute atomic E-state index is 3.72. The van der Waals surface area contributed by atoms with Crippen molar-refractivity contribution in [3.8, 4) is 0 Å². The average Bonchev–Trinajstić information content (AvgIpc) is 2.85. The van der Waals surface area contributed by atoms with E-state index in [1.807, 2.05) is 11.3 Å². The van der Waals surface area contributed by atoms with E-state index in [2.05, 4.69) is 70.8 Å². The van der Waals surface area contributed by atoms with Crippen LogP contribution in [0.3, 0.4) is 0 Å². The van der Waals surface area contributed by atoms with Gasteiger partial charge in [0, 0.05) is 21.8 Å². The van der Waals surface area contributed by atoms with Crippen molar-refractivity contribution in [2.24, 2.45) is 0 Å². The Morgan fingerprint density at radius 2 is 2.11 bits per heavy atom. The predicted molar refractivity (Wildman–Crippen MR) is 83.3 cm³/mol. The van der Waals surface area contributed by atoms with Crippen LogP contribution in [0.4, 0.5) is 0 Å². The molecule has 1 aromatic heterocycles. The number of hydrogen-bond acceptors (Lipinski definition) is 2. The molecule has 1 nitrogen and oxygen atoms in total. The molecule has 2 aromatic rings. The van der Waals surface area contributed by atoms with Crippen molar-refractivity contribution in [3.63, 3.8) is 0 Å². The quantitative estimate of drug-likeness (QED) is 0.840. The molecule has 96 valence electrons. The number of likely N-dealkylation sites (N-methyl/N-ethyl adjacent to an activating group) is 1. The van der Waals surface area contributed by atoms with Crippen LogP contribution in [-0.2, 0) is 6.42 Å². The van der Waals surface area contributed by atoms with Gasteiger partial charge in [-0.05, 0) is 36.0 Å². The molecule has 0 aliphatic heterocycles. The molecule has 1 unspecified atom stereocenters. The van der Waals surface area contributed by atoms with E-state index >= 15 is 0 Å². The third kappa shape index (κ3) is 3.22. The third-order valence-electron chi connectivity index (χ3n) is 3.03. The Hall–Kier alpha value is -0.640. The van der Waals surface area contributed by atoms with E-state index in [0.29, 0.717) is 6.04 Å². The van der Waals surface area contributed by atoms with Crippen LogP contribution < -0.4 is 5.32 Å². The van der Waals surface area contributed by atoms with Crippen LogP contribution in [0.1, 0.15) is 29.0 Å². The minimum atomic E-state index is 0.378. The van der Waals surface area contributed by atoms with Crippen LogP contribution in [0.25, 0.3) is 0 Å². The lowest BCUT2D eigenvalue weighted by Gasteiger charge is -2.20. The van der Waals surface area contributed by atoms with E-state index in [1.54, 1.807) is 0 Å². The first kappa shape index (κ1) is 13.8. The zero-order valence-corrected chi connectivity index (χ0v) is 13.1. The Balaban J connectivity index is 2.26. The fourth-order valence-electron chi connectivity index (χ4n) is 2.11.